The molecule has 2 N–H and O–H groups in total. The lowest BCUT2D eigenvalue weighted by atomic mass is 10.1. The Morgan fingerprint density at radius 1 is 1.31 bits per heavy atom. The van der Waals surface area contributed by atoms with Crippen LogP contribution in [0.5, 0.6) is 0 Å². The van der Waals surface area contributed by atoms with Crippen LogP contribution in [-0.4, -0.2) is 24.0 Å². The molecule has 2 heteroatoms. The largest absolute Gasteiger partial charge is 0.330 e. The minimum absolute atomic E-state index is 0.721. The highest BCUT2D eigenvalue weighted by Gasteiger charge is 2.58. The van der Waals surface area contributed by atoms with Crippen LogP contribution in [0.25, 0.3) is 0 Å². The fraction of sp³-hybridized carbons (Fsp3) is 0.571. The molecule has 1 aromatic rings. The van der Waals surface area contributed by atoms with Crippen LogP contribution in [0, 0.1) is 17.8 Å². The van der Waals surface area contributed by atoms with Gasteiger partial charge in [0.2, 0.25) is 0 Å². The highest BCUT2D eigenvalue weighted by molar-refractivity contribution is 5.17. The molecule has 1 saturated carbocycles. The number of benzene rings is 1. The molecule has 0 aromatic heterocycles. The van der Waals surface area contributed by atoms with Crippen LogP contribution in [0.15, 0.2) is 30.3 Å². The van der Waals surface area contributed by atoms with Gasteiger partial charge in [-0.15, -0.1) is 0 Å². The second kappa shape index (κ2) is 3.86. The van der Waals surface area contributed by atoms with E-state index < -0.39 is 0 Å². The SMILES string of the molecule is CC1C2C(CN)C2CN1Cc1ccccc1. The average Bonchev–Trinajstić information content (AvgIpc) is 2.92. The van der Waals surface area contributed by atoms with Crippen molar-refractivity contribution in [2.24, 2.45) is 23.5 Å². The zero-order chi connectivity index (χ0) is 11.1. The summed E-state index contributed by atoms with van der Waals surface area (Å²) < 4.78 is 0. The van der Waals surface area contributed by atoms with Crippen molar-refractivity contribution in [1.29, 1.82) is 0 Å². The molecule has 1 heterocycles. The predicted octanol–water partition coefficient (Wildman–Crippen LogP) is 1.71. The van der Waals surface area contributed by atoms with Gasteiger partial charge in [0.25, 0.3) is 0 Å². The van der Waals surface area contributed by atoms with Crippen LogP contribution in [-0.2, 0) is 6.54 Å². The van der Waals surface area contributed by atoms with Gasteiger partial charge in [0.05, 0.1) is 0 Å². The molecule has 2 nitrogen and oxygen atoms in total. The topological polar surface area (TPSA) is 29.3 Å². The summed E-state index contributed by atoms with van der Waals surface area (Å²) in [6.07, 6.45) is 0. The molecule has 1 saturated heterocycles. The van der Waals surface area contributed by atoms with Crippen molar-refractivity contribution in [2.75, 3.05) is 13.1 Å². The first kappa shape index (κ1) is 10.3. The van der Waals surface area contributed by atoms with Gasteiger partial charge in [-0.1, -0.05) is 30.3 Å². The molecule has 86 valence electrons. The Balaban J connectivity index is 1.63. The molecule has 4 unspecified atom stereocenters. The Hall–Kier alpha value is -0.860. The van der Waals surface area contributed by atoms with Crippen molar-refractivity contribution >= 4 is 0 Å². The van der Waals surface area contributed by atoms with Crippen molar-refractivity contribution < 1.29 is 0 Å². The Morgan fingerprint density at radius 2 is 2.06 bits per heavy atom. The average molecular weight is 216 g/mol. The maximum Gasteiger partial charge on any atom is 0.0236 e. The molecule has 2 aliphatic rings. The van der Waals surface area contributed by atoms with Crippen LogP contribution < -0.4 is 5.73 Å². The lowest BCUT2D eigenvalue weighted by molar-refractivity contribution is 0.209. The Labute approximate surface area is 97.4 Å². The third-order valence-electron chi connectivity index (χ3n) is 4.48. The molecule has 0 radical (unpaired) electrons. The van der Waals surface area contributed by atoms with E-state index in [-0.39, 0.29) is 0 Å². The van der Waals surface area contributed by atoms with E-state index >= 15 is 0 Å². The molecule has 1 aliphatic heterocycles. The van der Waals surface area contributed by atoms with E-state index in [4.69, 9.17) is 5.73 Å². The second-order valence-electron chi connectivity index (χ2n) is 5.30. The molecule has 0 bridgehead atoms. The summed E-state index contributed by atoms with van der Waals surface area (Å²) in [6, 6.07) is 11.5. The number of rotatable bonds is 3. The number of nitrogens with two attached hydrogens (primary N) is 1. The molecule has 0 spiro atoms. The van der Waals surface area contributed by atoms with Crippen molar-refractivity contribution in [3.63, 3.8) is 0 Å². The van der Waals surface area contributed by atoms with Gasteiger partial charge in [0, 0.05) is 19.1 Å². The van der Waals surface area contributed by atoms with Gasteiger partial charge >= 0.3 is 0 Å². The van der Waals surface area contributed by atoms with Crippen LogP contribution >= 0.6 is 0 Å². The van der Waals surface area contributed by atoms with Gasteiger partial charge in [-0.25, -0.2) is 0 Å². The van der Waals surface area contributed by atoms with Gasteiger partial charge in [-0.3, -0.25) is 4.90 Å². The van der Waals surface area contributed by atoms with Gasteiger partial charge < -0.3 is 5.73 Å². The quantitative estimate of drug-likeness (QED) is 0.833. The highest BCUT2D eigenvalue weighted by Crippen LogP contribution is 2.54. The van der Waals surface area contributed by atoms with Gasteiger partial charge in [0.1, 0.15) is 0 Å². The molecule has 16 heavy (non-hydrogen) atoms. The smallest absolute Gasteiger partial charge is 0.0236 e. The Kier molecular flexibility index (Phi) is 2.49. The highest BCUT2D eigenvalue weighted by atomic mass is 15.2. The molecule has 2 fully saturated rings. The van der Waals surface area contributed by atoms with E-state index in [0.717, 1.165) is 36.9 Å². The van der Waals surface area contributed by atoms with E-state index in [1.807, 2.05) is 0 Å². The number of fused-ring (bicyclic) bond motifs is 1. The number of piperidine rings is 1. The molecule has 1 aliphatic carbocycles. The van der Waals surface area contributed by atoms with Crippen molar-refractivity contribution in [2.45, 2.75) is 19.5 Å². The van der Waals surface area contributed by atoms with E-state index in [1.54, 1.807) is 0 Å². The normalized spacial score (nSPS) is 37.4. The number of nitrogens with zero attached hydrogens (tertiary/aromatic N) is 1. The fourth-order valence-corrected chi connectivity index (χ4v) is 3.49. The minimum Gasteiger partial charge on any atom is -0.330 e. The van der Waals surface area contributed by atoms with E-state index in [2.05, 4.69) is 42.2 Å². The van der Waals surface area contributed by atoms with Crippen LogP contribution in [0.4, 0.5) is 0 Å². The summed E-state index contributed by atoms with van der Waals surface area (Å²) in [6.45, 7) is 5.61. The summed E-state index contributed by atoms with van der Waals surface area (Å²) in [5.74, 6) is 2.60. The lowest BCUT2D eigenvalue weighted by Crippen LogP contribution is -2.32. The molecule has 3 rings (SSSR count). The van der Waals surface area contributed by atoms with E-state index in [1.165, 1.54) is 12.1 Å². The van der Waals surface area contributed by atoms with Crippen molar-refractivity contribution in [3.05, 3.63) is 35.9 Å². The minimum atomic E-state index is 0.721. The summed E-state index contributed by atoms with van der Waals surface area (Å²) in [5.41, 5.74) is 7.20. The summed E-state index contributed by atoms with van der Waals surface area (Å²) in [5, 5.41) is 0. The first-order valence-corrected chi connectivity index (χ1v) is 6.29. The lowest BCUT2D eigenvalue weighted by Gasteiger charge is -2.25. The number of hydrogen-bond donors (Lipinski definition) is 1. The summed E-state index contributed by atoms with van der Waals surface area (Å²) in [4.78, 5) is 2.61. The monoisotopic (exact) mass is 216 g/mol. The Bertz CT molecular complexity index is 362. The van der Waals surface area contributed by atoms with Crippen LogP contribution in [0.2, 0.25) is 0 Å². The maximum atomic E-state index is 5.77. The van der Waals surface area contributed by atoms with Crippen LogP contribution in [0.3, 0.4) is 0 Å². The maximum absolute atomic E-state index is 5.77. The molecule has 0 amide bonds. The summed E-state index contributed by atoms with van der Waals surface area (Å²) >= 11 is 0. The van der Waals surface area contributed by atoms with Gasteiger partial charge in [-0.05, 0) is 36.8 Å². The third-order valence-corrected chi connectivity index (χ3v) is 4.48. The zero-order valence-electron chi connectivity index (χ0n) is 9.84. The zero-order valence-corrected chi connectivity index (χ0v) is 9.84. The van der Waals surface area contributed by atoms with Crippen molar-refractivity contribution in [3.8, 4) is 0 Å². The summed E-state index contributed by atoms with van der Waals surface area (Å²) in [7, 11) is 0. The Morgan fingerprint density at radius 3 is 2.62 bits per heavy atom. The van der Waals surface area contributed by atoms with Crippen LogP contribution in [0.1, 0.15) is 12.5 Å². The predicted molar refractivity (Wildman–Crippen MR) is 65.8 cm³/mol. The number of hydrogen-bond acceptors (Lipinski definition) is 2. The molecular formula is C14H20N2. The first-order valence-electron chi connectivity index (χ1n) is 6.29. The molecule has 1 aromatic carbocycles. The first-order chi connectivity index (χ1) is 7.81. The number of likely N-dealkylation sites (tertiary alicyclic amines) is 1. The fourth-order valence-electron chi connectivity index (χ4n) is 3.49. The standard InChI is InChI=1S/C14H20N2/c1-10-14-12(7-15)13(14)9-16(10)8-11-5-3-2-4-6-11/h2-6,10,12-14H,7-9,15H2,1H3. The second-order valence-corrected chi connectivity index (χ2v) is 5.30. The molecule has 4 atom stereocenters. The van der Waals surface area contributed by atoms with E-state index in [0.29, 0.717) is 0 Å². The third kappa shape index (κ3) is 1.57. The van der Waals surface area contributed by atoms with Gasteiger partial charge in [0.15, 0.2) is 0 Å². The van der Waals surface area contributed by atoms with Crippen molar-refractivity contribution in [1.82, 2.24) is 4.90 Å². The molecular weight excluding hydrogens is 196 g/mol. The van der Waals surface area contributed by atoms with Gasteiger partial charge in [-0.2, -0.15) is 0 Å². The van der Waals surface area contributed by atoms with E-state index in [9.17, 15) is 0 Å².